The minimum atomic E-state index is 0.153. The van der Waals surface area contributed by atoms with Crippen molar-refractivity contribution in [1.82, 2.24) is 10.3 Å². The van der Waals surface area contributed by atoms with Gasteiger partial charge in [0.25, 0.3) is 0 Å². The molecule has 0 spiro atoms. The van der Waals surface area contributed by atoms with Gasteiger partial charge in [0.05, 0.1) is 6.04 Å². The second-order valence-electron chi connectivity index (χ2n) is 3.98. The van der Waals surface area contributed by atoms with E-state index in [2.05, 4.69) is 22.4 Å². The van der Waals surface area contributed by atoms with Crippen LogP contribution >= 0.6 is 0 Å². The lowest BCUT2D eigenvalue weighted by Gasteiger charge is -2.17. The molecule has 3 N–H and O–H groups in total. The van der Waals surface area contributed by atoms with E-state index in [1.165, 1.54) is 5.56 Å². The van der Waals surface area contributed by atoms with Gasteiger partial charge in [0.2, 0.25) is 0 Å². The average molecular weight is 243 g/mol. The predicted molar refractivity (Wildman–Crippen MR) is 72.4 cm³/mol. The molecule has 0 aliphatic rings. The second-order valence-corrected chi connectivity index (χ2v) is 3.98. The zero-order valence-corrected chi connectivity index (χ0v) is 10.3. The Balaban J connectivity index is 2.00. The lowest BCUT2D eigenvalue weighted by Crippen LogP contribution is -2.23. The van der Waals surface area contributed by atoms with Gasteiger partial charge in [-0.2, -0.15) is 0 Å². The number of aromatic nitrogens is 1. The van der Waals surface area contributed by atoms with Crippen LogP contribution in [0, 0.1) is 0 Å². The number of benzene rings is 1. The van der Waals surface area contributed by atoms with E-state index in [4.69, 9.17) is 10.5 Å². The molecule has 1 atom stereocenters. The van der Waals surface area contributed by atoms with Crippen LogP contribution < -0.4 is 15.8 Å². The quantitative estimate of drug-likeness (QED) is 0.843. The lowest BCUT2D eigenvalue weighted by molar-refractivity contribution is 0.273. The van der Waals surface area contributed by atoms with Crippen molar-refractivity contribution in [2.75, 3.05) is 19.4 Å². The van der Waals surface area contributed by atoms with Crippen LogP contribution in [0.4, 0.5) is 5.82 Å². The number of ether oxygens (including phenoxy) is 1. The Kier molecular flexibility index (Phi) is 4.15. The maximum absolute atomic E-state index is 5.71. The Morgan fingerprint density at radius 2 is 2.06 bits per heavy atom. The van der Waals surface area contributed by atoms with E-state index < -0.39 is 0 Å². The van der Waals surface area contributed by atoms with Crippen LogP contribution in [0.25, 0.3) is 0 Å². The molecule has 4 heteroatoms. The van der Waals surface area contributed by atoms with Crippen molar-refractivity contribution in [1.29, 1.82) is 0 Å². The normalized spacial score (nSPS) is 12.1. The first-order valence-corrected chi connectivity index (χ1v) is 5.86. The van der Waals surface area contributed by atoms with Crippen LogP contribution in [0.1, 0.15) is 11.6 Å². The molecule has 0 aliphatic carbocycles. The molecule has 2 rings (SSSR count). The smallest absolute Gasteiger partial charge is 0.126 e. The van der Waals surface area contributed by atoms with E-state index in [-0.39, 0.29) is 6.04 Å². The van der Waals surface area contributed by atoms with Gasteiger partial charge in [-0.05, 0) is 18.7 Å². The fourth-order valence-electron chi connectivity index (χ4n) is 1.73. The fourth-order valence-corrected chi connectivity index (χ4v) is 1.73. The van der Waals surface area contributed by atoms with Gasteiger partial charge >= 0.3 is 0 Å². The third-order valence-electron chi connectivity index (χ3n) is 2.72. The summed E-state index contributed by atoms with van der Waals surface area (Å²) in [6, 6.07) is 13.9. The minimum Gasteiger partial charge on any atom is -0.491 e. The first kappa shape index (κ1) is 12.4. The summed E-state index contributed by atoms with van der Waals surface area (Å²) in [5.74, 6) is 1.20. The van der Waals surface area contributed by atoms with Crippen LogP contribution in [0.3, 0.4) is 0 Å². The number of nitrogens with one attached hydrogen (secondary N) is 1. The maximum Gasteiger partial charge on any atom is 0.126 e. The van der Waals surface area contributed by atoms with Crippen LogP contribution in [0.5, 0.6) is 5.75 Å². The summed E-state index contributed by atoms with van der Waals surface area (Å²) in [6.45, 7) is 0.546. The molecule has 0 radical (unpaired) electrons. The number of rotatable bonds is 5. The number of hydrogen-bond donors (Lipinski definition) is 2. The number of hydrogen-bond acceptors (Lipinski definition) is 4. The molecule has 18 heavy (non-hydrogen) atoms. The first-order valence-electron chi connectivity index (χ1n) is 5.86. The molecule has 2 aromatic rings. The highest BCUT2D eigenvalue weighted by molar-refractivity contribution is 5.35. The molecular formula is C14H17N3O. The Hall–Kier alpha value is -2.07. The molecule has 0 fully saturated rings. The SMILES string of the molecule is CNC(COc1ccnc(N)c1)c1ccccc1. The van der Waals surface area contributed by atoms with E-state index in [1.807, 2.05) is 25.2 Å². The van der Waals surface area contributed by atoms with Crippen molar-refractivity contribution in [2.24, 2.45) is 0 Å². The third kappa shape index (κ3) is 3.21. The van der Waals surface area contributed by atoms with E-state index in [0.29, 0.717) is 12.4 Å². The van der Waals surface area contributed by atoms with Crippen molar-refractivity contribution in [3.05, 3.63) is 54.2 Å². The molecule has 1 aromatic heterocycles. The summed E-state index contributed by atoms with van der Waals surface area (Å²) in [5.41, 5.74) is 6.80. The molecule has 4 nitrogen and oxygen atoms in total. The molecule has 0 amide bonds. The summed E-state index contributed by atoms with van der Waals surface area (Å²) >= 11 is 0. The molecule has 0 saturated carbocycles. The van der Waals surface area contributed by atoms with Gasteiger partial charge in [-0.15, -0.1) is 0 Å². The van der Waals surface area contributed by atoms with Crippen molar-refractivity contribution >= 4 is 5.82 Å². The number of anilines is 1. The zero-order valence-electron chi connectivity index (χ0n) is 10.3. The number of likely N-dealkylation sites (N-methyl/N-ethyl adjacent to an activating group) is 1. The third-order valence-corrected chi connectivity index (χ3v) is 2.72. The van der Waals surface area contributed by atoms with Crippen molar-refractivity contribution in [2.45, 2.75) is 6.04 Å². The van der Waals surface area contributed by atoms with Gasteiger partial charge in [-0.3, -0.25) is 0 Å². The average Bonchev–Trinajstić information content (AvgIpc) is 2.41. The van der Waals surface area contributed by atoms with Gasteiger partial charge in [0, 0.05) is 12.3 Å². The van der Waals surface area contributed by atoms with Gasteiger partial charge in [0.15, 0.2) is 0 Å². The zero-order chi connectivity index (χ0) is 12.8. The standard InChI is InChI=1S/C14H17N3O/c1-16-13(11-5-3-2-4-6-11)10-18-12-7-8-17-14(15)9-12/h2-9,13,16H,10H2,1H3,(H2,15,17). The monoisotopic (exact) mass is 243 g/mol. The predicted octanol–water partition coefficient (Wildman–Crippen LogP) is 2.00. The van der Waals surface area contributed by atoms with Gasteiger partial charge in [-0.25, -0.2) is 4.98 Å². The highest BCUT2D eigenvalue weighted by Crippen LogP contribution is 2.16. The molecule has 1 unspecified atom stereocenters. The Morgan fingerprint density at radius 3 is 2.72 bits per heavy atom. The molecule has 1 heterocycles. The fraction of sp³-hybridized carbons (Fsp3) is 0.214. The Labute approximate surface area is 107 Å². The number of nitrogens with zero attached hydrogens (tertiary/aromatic N) is 1. The summed E-state index contributed by atoms with van der Waals surface area (Å²) in [4.78, 5) is 3.93. The highest BCUT2D eigenvalue weighted by Gasteiger charge is 2.09. The maximum atomic E-state index is 5.71. The lowest BCUT2D eigenvalue weighted by atomic mass is 10.1. The molecule has 0 aliphatic heterocycles. The molecular weight excluding hydrogens is 226 g/mol. The first-order chi connectivity index (χ1) is 8.79. The summed E-state index contributed by atoms with van der Waals surface area (Å²) < 4.78 is 5.71. The summed E-state index contributed by atoms with van der Waals surface area (Å²) in [7, 11) is 1.92. The largest absolute Gasteiger partial charge is 0.491 e. The summed E-state index contributed by atoms with van der Waals surface area (Å²) in [6.07, 6.45) is 1.64. The van der Waals surface area contributed by atoms with Gasteiger partial charge in [-0.1, -0.05) is 30.3 Å². The molecule has 0 bridgehead atoms. The van der Waals surface area contributed by atoms with E-state index in [0.717, 1.165) is 5.75 Å². The van der Waals surface area contributed by atoms with Crippen LogP contribution in [0.15, 0.2) is 48.7 Å². The van der Waals surface area contributed by atoms with E-state index in [1.54, 1.807) is 18.3 Å². The topological polar surface area (TPSA) is 60.2 Å². The molecule has 1 aromatic carbocycles. The molecule has 94 valence electrons. The minimum absolute atomic E-state index is 0.153. The summed E-state index contributed by atoms with van der Waals surface area (Å²) in [5, 5.41) is 3.23. The number of nitrogens with two attached hydrogens (primary N) is 1. The van der Waals surface area contributed by atoms with E-state index >= 15 is 0 Å². The van der Waals surface area contributed by atoms with Crippen molar-refractivity contribution in [3.8, 4) is 5.75 Å². The Bertz CT molecular complexity index is 487. The second kappa shape index (κ2) is 6.02. The highest BCUT2D eigenvalue weighted by atomic mass is 16.5. The van der Waals surface area contributed by atoms with Crippen molar-refractivity contribution in [3.63, 3.8) is 0 Å². The Morgan fingerprint density at radius 1 is 1.28 bits per heavy atom. The van der Waals surface area contributed by atoms with Crippen molar-refractivity contribution < 1.29 is 4.74 Å². The number of nitrogen functional groups attached to an aromatic ring is 1. The van der Waals surface area contributed by atoms with Crippen LogP contribution in [0.2, 0.25) is 0 Å². The molecule has 0 saturated heterocycles. The van der Waals surface area contributed by atoms with E-state index in [9.17, 15) is 0 Å². The number of pyridine rings is 1. The van der Waals surface area contributed by atoms with Gasteiger partial charge < -0.3 is 15.8 Å². The van der Waals surface area contributed by atoms with Crippen LogP contribution in [-0.2, 0) is 0 Å². The van der Waals surface area contributed by atoms with Gasteiger partial charge in [0.1, 0.15) is 18.2 Å². The van der Waals surface area contributed by atoms with Crippen LogP contribution in [-0.4, -0.2) is 18.6 Å².